The highest BCUT2D eigenvalue weighted by Crippen LogP contribution is 2.37. The molecule has 0 fully saturated rings. The molecule has 0 aromatic heterocycles. The summed E-state index contributed by atoms with van der Waals surface area (Å²) in [5, 5.41) is 0. The summed E-state index contributed by atoms with van der Waals surface area (Å²) in [6, 6.07) is 12.7. The quantitative estimate of drug-likeness (QED) is 0.288. The Morgan fingerprint density at radius 2 is 1.40 bits per heavy atom. The smallest absolute Gasteiger partial charge is 0.317 e. The number of rotatable bonds is 8. The predicted octanol–water partition coefficient (Wildman–Crippen LogP) is 7.59. The van der Waals surface area contributed by atoms with Crippen LogP contribution in [0.15, 0.2) is 36.4 Å². The lowest BCUT2D eigenvalue weighted by Gasteiger charge is -2.30. The van der Waals surface area contributed by atoms with Crippen LogP contribution in [0.5, 0.6) is 5.75 Å². The molecule has 1 unspecified atom stereocenters. The molecule has 192 valence electrons. The van der Waals surface area contributed by atoms with E-state index in [-0.39, 0.29) is 29.3 Å². The third-order valence-electron chi connectivity index (χ3n) is 6.90. The van der Waals surface area contributed by atoms with Gasteiger partial charge in [0.2, 0.25) is 0 Å². The van der Waals surface area contributed by atoms with Crippen molar-refractivity contribution in [1.82, 2.24) is 0 Å². The number of esters is 2. The average Bonchev–Trinajstić information content (AvgIpc) is 2.73. The summed E-state index contributed by atoms with van der Waals surface area (Å²) in [6.07, 6.45) is 0.546. The third-order valence-corrected chi connectivity index (χ3v) is 6.90. The summed E-state index contributed by atoms with van der Waals surface area (Å²) >= 11 is 0. The first-order valence-corrected chi connectivity index (χ1v) is 12.6. The van der Waals surface area contributed by atoms with E-state index in [0.29, 0.717) is 5.75 Å². The van der Waals surface area contributed by atoms with E-state index in [9.17, 15) is 9.59 Å². The number of carbonyl (C=O) groups excluding carboxylic acids is 2. The van der Waals surface area contributed by atoms with E-state index in [4.69, 9.17) is 9.47 Å². The minimum absolute atomic E-state index is 0.0236. The van der Waals surface area contributed by atoms with Crippen LogP contribution in [-0.2, 0) is 25.2 Å². The lowest BCUT2D eigenvalue weighted by Crippen LogP contribution is -2.33. The number of carbonyl (C=O) groups is 2. The zero-order valence-electron chi connectivity index (χ0n) is 23.6. The minimum Gasteiger partial charge on any atom is -0.463 e. The van der Waals surface area contributed by atoms with Gasteiger partial charge in [-0.2, -0.15) is 0 Å². The van der Waals surface area contributed by atoms with E-state index in [0.717, 1.165) is 17.5 Å². The zero-order valence-corrected chi connectivity index (χ0v) is 23.6. The summed E-state index contributed by atoms with van der Waals surface area (Å²) < 4.78 is 11.1. The molecule has 2 aromatic rings. The fourth-order valence-corrected chi connectivity index (χ4v) is 4.23. The Balaban J connectivity index is 2.22. The van der Waals surface area contributed by atoms with Crippen LogP contribution in [0.25, 0.3) is 0 Å². The van der Waals surface area contributed by atoms with Crippen LogP contribution < -0.4 is 4.74 Å². The van der Waals surface area contributed by atoms with Crippen molar-refractivity contribution in [2.75, 3.05) is 0 Å². The number of aryl methyl sites for hydroxylation is 2. The van der Waals surface area contributed by atoms with Crippen LogP contribution >= 0.6 is 0 Å². The minimum atomic E-state index is -0.985. The van der Waals surface area contributed by atoms with E-state index < -0.39 is 11.4 Å². The maximum Gasteiger partial charge on any atom is 0.317 e. The molecule has 2 aromatic carbocycles. The molecule has 0 saturated heterocycles. The van der Waals surface area contributed by atoms with Gasteiger partial charge in [-0.15, -0.1) is 0 Å². The zero-order chi connectivity index (χ0) is 26.8. The summed E-state index contributed by atoms with van der Waals surface area (Å²) in [5.74, 6) is -0.317. The van der Waals surface area contributed by atoms with E-state index >= 15 is 0 Å². The Labute approximate surface area is 212 Å². The normalized spacial score (nSPS) is 13.3. The molecule has 0 aliphatic carbocycles. The van der Waals surface area contributed by atoms with Crippen molar-refractivity contribution in [3.05, 3.63) is 64.2 Å². The molecule has 1 atom stereocenters. The largest absolute Gasteiger partial charge is 0.463 e. The van der Waals surface area contributed by atoms with Crippen LogP contribution in [0.4, 0.5) is 0 Å². The van der Waals surface area contributed by atoms with Gasteiger partial charge >= 0.3 is 11.9 Å². The van der Waals surface area contributed by atoms with E-state index in [1.807, 2.05) is 32.9 Å². The Bertz CT molecular complexity index is 1070. The summed E-state index contributed by atoms with van der Waals surface area (Å²) in [6.45, 7) is 22.5. The van der Waals surface area contributed by atoms with Crippen molar-refractivity contribution in [3.8, 4) is 5.75 Å². The molecule has 0 aliphatic heterocycles. The van der Waals surface area contributed by atoms with Crippen LogP contribution in [0, 0.1) is 19.3 Å². The fourth-order valence-electron chi connectivity index (χ4n) is 4.23. The molecule has 4 heteroatoms. The van der Waals surface area contributed by atoms with E-state index in [2.05, 4.69) is 65.8 Å². The van der Waals surface area contributed by atoms with Crippen LogP contribution in [0.2, 0.25) is 0 Å². The van der Waals surface area contributed by atoms with Gasteiger partial charge < -0.3 is 9.47 Å². The van der Waals surface area contributed by atoms with Gasteiger partial charge in [0.25, 0.3) is 0 Å². The standard InChI is InChI=1S/C31H44O4/c1-12-22(4)34-27(32)19-30(8,9)28(33)35-26-16-14-24(18-21(26)3)31(10,11)23-13-15-25(20(2)17-23)29(5,6)7/h13-18,22H,12,19H2,1-11H3. The van der Waals surface area contributed by atoms with Crippen LogP contribution in [0.1, 0.15) is 103 Å². The van der Waals surface area contributed by atoms with Gasteiger partial charge in [-0.3, -0.25) is 9.59 Å². The Morgan fingerprint density at radius 3 is 1.89 bits per heavy atom. The SMILES string of the molecule is CCC(C)OC(=O)CC(C)(C)C(=O)Oc1ccc(C(C)(C)c2ccc(C(C)(C)C)c(C)c2)cc1C. The molecule has 0 N–H and O–H groups in total. The topological polar surface area (TPSA) is 52.6 Å². The first-order valence-electron chi connectivity index (χ1n) is 12.6. The second kappa shape index (κ2) is 10.6. The van der Waals surface area contributed by atoms with Crippen molar-refractivity contribution < 1.29 is 19.1 Å². The molecule has 0 radical (unpaired) electrons. The fraction of sp³-hybridized carbons (Fsp3) is 0.548. The highest BCUT2D eigenvalue weighted by atomic mass is 16.5. The predicted molar refractivity (Wildman–Crippen MR) is 143 cm³/mol. The molecule has 0 aliphatic rings. The van der Waals surface area contributed by atoms with Crippen LogP contribution in [0.3, 0.4) is 0 Å². The van der Waals surface area contributed by atoms with E-state index in [1.54, 1.807) is 13.8 Å². The molecule has 4 nitrogen and oxygen atoms in total. The molecule has 35 heavy (non-hydrogen) atoms. The monoisotopic (exact) mass is 480 g/mol. The molecular weight excluding hydrogens is 436 g/mol. The van der Waals surface area contributed by atoms with Gasteiger partial charge in [0, 0.05) is 5.41 Å². The molecular formula is C31H44O4. The number of benzene rings is 2. The van der Waals surface area contributed by atoms with E-state index in [1.165, 1.54) is 16.7 Å². The second-order valence-electron chi connectivity index (χ2n) is 12.0. The average molecular weight is 481 g/mol. The van der Waals surface area contributed by atoms with Crippen molar-refractivity contribution in [1.29, 1.82) is 0 Å². The van der Waals surface area contributed by atoms with Gasteiger partial charge in [-0.1, -0.05) is 71.9 Å². The van der Waals surface area contributed by atoms with Gasteiger partial charge in [-0.05, 0) is 80.3 Å². The number of hydrogen-bond acceptors (Lipinski definition) is 4. The summed E-state index contributed by atoms with van der Waals surface area (Å²) in [5.41, 5.74) is 4.82. The van der Waals surface area contributed by atoms with Crippen molar-refractivity contribution >= 4 is 11.9 Å². The van der Waals surface area contributed by atoms with Crippen LogP contribution in [-0.4, -0.2) is 18.0 Å². The second-order valence-corrected chi connectivity index (χ2v) is 12.0. The Morgan fingerprint density at radius 1 is 0.857 bits per heavy atom. The molecule has 0 amide bonds. The maximum absolute atomic E-state index is 12.9. The molecule has 0 spiro atoms. The van der Waals surface area contributed by atoms with Crippen molar-refractivity contribution in [2.45, 2.75) is 106 Å². The van der Waals surface area contributed by atoms with Crippen molar-refractivity contribution in [3.63, 3.8) is 0 Å². The van der Waals surface area contributed by atoms with Gasteiger partial charge in [0.1, 0.15) is 5.75 Å². The maximum atomic E-state index is 12.9. The highest BCUT2D eigenvalue weighted by molar-refractivity contribution is 5.84. The highest BCUT2D eigenvalue weighted by Gasteiger charge is 2.34. The Hall–Kier alpha value is -2.62. The third kappa shape index (κ3) is 6.96. The molecule has 2 rings (SSSR count). The lowest BCUT2D eigenvalue weighted by molar-refractivity contribution is -0.157. The first kappa shape index (κ1) is 28.6. The van der Waals surface area contributed by atoms with Gasteiger partial charge in [-0.25, -0.2) is 0 Å². The number of ether oxygens (including phenoxy) is 2. The number of hydrogen-bond donors (Lipinski definition) is 0. The molecule has 0 saturated carbocycles. The summed E-state index contributed by atoms with van der Waals surface area (Å²) in [7, 11) is 0. The van der Waals surface area contributed by atoms with Gasteiger partial charge in [0.05, 0.1) is 17.9 Å². The lowest BCUT2D eigenvalue weighted by atomic mass is 9.75. The summed E-state index contributed by atoms with van der Waals surface area (Å²) in [4.78, 5) is 25.1. The van der Waals surface area contributed by atoms with Gasteiger partial charge in [0.15, 0.2) is 0 Å². The Kier molecular flexibility index (Phi) is 8.63. The van der Waals surface area contributed by atoms with Crippen molar-refractivity contribution in [2.24, 2.45) is 5.41 Å². The molecule has 0 bridgehead atoms. The first-order chi connectivity index (χ1) is 16.0. The molecule has 0 heterocycles.